The maximum Gasteiger partial charge on any atom is 0.0405 e. The van der Waals surface area contributed by atoms with Crippen LogP contribution in [0.4, 0.5) is 5.69 Å². The van der Waals surface area contributed by atoms with Crippen molar-refractivity contribution in [3.8, 4) is 0 Å². The lowest BCUT2D eigenvalue weighted by atomic mass is 9.89. The third-order valence-corrected chi connectivity index (χ3v) is 4.66. The highest BCUT2D eigenvalue weighted by Gasteiger charge is 2.20. The molecule has 1 unspecified atom stereocenters. The Kier molecular flexibility index (Phi) is 3.37. The molecule has 0 spiro atoms. The molecule has 1 aliphatic heterocycles. The Bertz CT molecular complexity index is 516. The quantitative estimate of drug-likeness (QED) is 0.871. The highest BCUT2D eigenvalue weighted by molar-refractivity contribution is 7.09. The molecule has 1 atom stereocenters. The molecule has 0 bridgehead atoms. The van der Waals surface area contributed by atoms with Crippen LogP contribution in [0.3, 0.4) is 0 Å². The second kappa shape index (κ2) is 5.15. The number of benzene rings is 1. The molecular formula is C16H19NS. The predicted molar refractivity (Wildman–Crippen MR) is 79.5 cm³/mol. The minimum Gasteiger partial charge on any atom is -0.384 e. The third kappa shape index (κ3) is 2.30. The first-order chi connectivity index (χ1) is 8.86. The SMILES string of the molecule is CCc1cccc2c1NCC(Cc1cccs1)C2. The van der Waals surface area contributed by atoms with Crippen LogP contribution in [0.5, 0.6) is 0 Å². The molecule has 1 aromatic carbocycles. The first-order valence-electron chi connectivity index (χ1n) is 6.74. The summed E-state index contributed by atoms with van der Waals surface area (Å²) >= 11 is 1.88. The van der Waals surface area contributed by atoms with E-state index in [1.807, 2.05) is 11.3 Å². The van der Waals surface area contributed by atoms with Crippen molar-refractivity contribution in [3.63, 3.8) is 0 Å². The van der Waals surface area contributed by atoms with Crippen LogP contribution in [0.15, 0.2) is 35.7 Å². The zero-order valence-electron chi connectivity index (χ0n) is 10.8. The van der Waals surface area contributed by atoms with Crippen LogP contribution >= 0.6 is 11.3 Å². The topological polar surface area (TPSA) is 12.0 Å². The van der Waals surface area contributed by atoms with Crippen molar-refractivity contribution in [1.29, 1.82) is 0 Å². The summed E-state index contributed by atoms with van der Waals surface area (Å²) in [5.41, 5.74) is 4.37. The molecule has 3 rings (SSSR count). The van der Waals surface area contributed by atoms with Gasteiger partial charge in [-0.3, -0.25) is 0 Å². The van der Waals surface area contributed by atoms with Gasteiger partial charge in [0.25, 0.3) is 0 Å². The number of hydrogen-bond acceptors (Lipinski definition) is 2. The van der Waals surface area contributed by atoms with E-state index in [2.05, 4.69) is 48.0 Å². The first kappa shape index (κ1) is 11.8. The largest absolute Gasteiger partial charge is 0.384 e. The zero-order valence-corrected chi connectivity index (χ0v) is 11.6. The lowest BCUT2D eigenvalue weighted by molar-refractivity contribution is 0.538. The molecule has 2 aromatic rings. The molecule has 94 valence electrons. The minimum absolute atomic E-state index is 0.739. The van der Waals surface area contributed by atoms with Gasteiger partial charge in [0.05, 0.1) is 0 Å². The average molecular weight is 257 g/mol. The Morgan fingerprint density at radius 1 is 1.28 bits per heavy atom. The monoisotopic (exact) mass is 257 g/mol. The Morgan fingerprint density at radius 2 is 2.22 bits per heavy atom. The van der Waals surface area contributed by atoms with Crippen LogP contribution in [-0.2, 0) is 19.3 Å². The van der Waals surface area contributed by atoms with Crippen LogP contribution in [0.25, 0.3) is 0 Å². The van der Waals surface area contributed by atoms with Crippen molar-refractivity contribution in [3.05, 3.63) is 51.7 Å². The highest BCUT2D eigenvalue weighted by atomic mass is 32.1. The summed E-state index contributed by atoms with van der Waals surface area (Å²) < 4.78 is 0. The van der Waals surface area contributed by atoms with Gasteiger partial charge < -0.3 is 5.32 Å². The summed E-state index contributed by atoms with van der Waals surface area (Å²) in [4.78, 5) is 1.51. The van der Waals surface area contributed by atoms with E-state index >= 15 is 0 Å². The number of rotatable bonds is 3. The Morgan fingerprint density at radius 3 is 3.00 bits per heavy atom. The minimum atomic E-state index is 0.739. The van der Waals surface area contributed by atoms with Gasteiger partial charge in [-0.15, -0.1) is 11.3 Å². The fourth-order valence-electron chi connectivity index (χ4n) is 2.83. The molecule has 0 saturated heterocycles. The van der Waals surface area contributed by atoms with Crippen LogP contribution in [0, 0.1) is 5.92 Å². The number of para-hydroxylation sites is 1. The van der Waals surface area contributed by atoms with Crippen molar-refractivity contribution in [2.45, 2.75) is 26.2 Å². The van der Waals surface area contributed by atoms with Crippen molar-refractivity contribution < 1.29 is 0 Å². The summed E-state index contributed by atoms with van der Waals surface area (Å²) in [6.45, 7) is 3.34. The molecule has 0 radical (unpaired) electrons. The lowest BCUT2D eigenvalue weighted by Crippen LogP contribution is -2.25. The van der Waals surface area contributed by atoms with E-state index < -0.39 is 0 Å². The van der Waals surface area contributed by atoms with Gasteiger partial charge in [-0.25, -0.2) is 0 Å². The molecule has 1 nitrogen and oxygen atoms in total. The molecule has 0 amide bonds. The van der Waals surface area contributed by atoms with E-state index in [-0.39, 0.29) is 0 Å². The number of aryl methyl sites for hydroxylation is 1. The van der Waals surface area contributed by atoms with Gasteiger partial charge in [0.15, 0.2) is 0 Å². The molecule has 18 heavy (non-hydrogen) atoms. The van der Waals surface area contributed by atoms with Gasteiger partial charge in [0.2, 0.25) is 0 Å². The number of fused-ring (bicyclic) bond motifs is 1. The van der Waals surface area contributed by atoms with E-state index in [4.69, 9.17) is 0 Å². The zero-order chi connectivity index (χ0) is 12.4. The summed E-state index contributed by atoms with van der Waals surface area (Å²) in [6, 6.07) is 11.1. The molecule has 1 aliphatic rings. The van der Waals surface area contributed by atoms with Crippen molar-refractivity contribution in [2.75, 3.05) is 11.9 Å². The standard InChI is InChI=1S/C16H19NS/c1-2-13-5-3-6-14-9-12(11-17-16(13)14)10-15-7-4-8-18-15/h3-8,12,17H,2,9-11H2,1H3. The molecule has 1 N–H and O–H groups in total. The van der Waals surface area contributed by atoms with Gasteiger partial charge in [0, 0.05) is 17.1 Å². The van der Waals surface area contributed by atoms with Gasteiger partial charge in [-0.1, -0.05) is 31.2 Å². The molecular weight excluding hydrogens is 238 g/mol. The van der Waals surface area contributed by atoms with Crippen molar-refractivity contribution in [2.24, 2.45) is 5.92 Å². The van der Waals surface area contributed by atoms with Crippen LogP contribution < -0.4 is 5.32 Å². The third-order valence-electron chi connectivity index (χ3n) is 3.76. The summed E-state index contributed by atoms with van der Waals surface area (Å²) in [5.74, 6) is 0.739. The van der Waals surface area contributed by atoms with Crippen LogP contribution in [0.2, 0.25) is 0 Å². The molecule has 1 aromatic heterocycles. The van der Waals surface area contributed by atoms with Crippen LogP contribution in [-0.4, -0.2) is 6.54 Å². The Balaban J connectivity index is 1.77. The fraction of sp³-hybridized carbons (Fsp3) is 0.375. The average Bonchev–Trinajstić information content (AvgIpc) is 2.90. The summed E-state index contributed by atoms with van der Waals surface area (Å²) in [5, 5.41) is 5.82. The molecule has 0 fully saturated rings. The van der Waals surface area contributed by atoms with Gasteiger partial charge in [-0.2, -0.15) is 0 Å². The molecule has 0 saturated carbocycles. The molecule has 2 heterocycles. The summed E-state index contributed by atoms with van der Waals surface area (Å²) in [7, 11) is 0. The summed E-state index contributed by atoms with van der Waals surface area (Å²) in [6.07, 6.45) is 3.54. The maximum absolute atomic E-state index is 3.65. The number of nitrogens with one attached hydrogen (secondary N) is 1. The van der Waals surface area contributed by atoms with E-state index in [0.29, 0.717) is 0 Å². The first-order valence-corrected chi connectivity index (χ1v) is 7.61. The van der Waals surface area contributed by atoms with Gasteiger partial charge in [0.1, 0.15) is 0 Å². The maximum atomic E-state index is 3.65. The van der Waals surface area contributed by atoms with Gasteiger partial charge >= 0.3 is 0 Å². The van der Waals surface area contributed by atoms with Crippen molar-refractivity contribution in [1.82, 2.24) is 0 Å². The Hall–Kier alpha value is -1.28. The van der Waals surface area contributed by atoms with Crippen LogP contribution in [0.1, 0.15) is 22.9 Å². The van der Waals surface area contributed by atoms with Gasteiger partial charge in [-0.05, 0) is 47.8 Å². The van der Waals surface area contributed by atoms with E-state index in [0.717, 1.165) is 18.9 Å². The van der Waals surface area contributed by atoms with E-state index in [1.165, 1.54) is 34.5 Å². The second-order valence-electron chi connectivity index (χ2n) is 5.04. The Labute approximate surface area is 113 Å². The molecule has 2 heteroatoms. The number of thiophene rings is 1. The highest BCUT2D eigenvalue weighted by Crippen LogP contribution is 2.30. The fourth-order valence-corrected chi connectivity index (χ4v) is 3.65. The van der Waals surface area contributed by atoms with E-state index in [1.54, 1.807) is 0 Å². The smallest absolute Gasteiger partial charge is 0.0405 e. The van der Waals surface area contributed by atoms with Crippen molar-refractivity contribution >= 4 is 17.0 Å². The second-order valence-corrected chi connectivity index (χ2v) is 6.07. The lowest BCUT2D eigenvalue weighted by Gasteiger charge is -2.27. The van der Waals surface area contributed by atoms with E-state index in [9.17, 15) is 0 Å². The number of anilines is 1. The normalized spacial score (nSPS) is 18.2. The predicted octanol–water partition coefficient (Wildman–Crippen LogP) is 4.14. The number of hydrogen-bond donors (Lipinski definition) is 1. The molecule has 0 aliphatic carbocycles.